The summed E-state index contributed by atoms with van der Waals surface area (Å²) in [5, 5.41) is 10.7. The fourth-order valence-corrected chi connectivity index (χ4v) is 1.12. The number of hydrogen-bond donors (Lipinski definition) is 3. The molecule has 0 saturated heterocycles. The van der Waals surface area contributed by atoms with E-state index in [4.69, 9.17) is 9.84 Å². The van der Waals surface area contributed by atoms with Crippen molar-refractivity contribution < 1.29 is 24.3 Å². The van der Waals surface area contributed by atoms with Crippen molar-refractivity contribution in [2.24, 2.45) is 0 Å². The molecule has 98 valence electrons. The molecule has 0 spiro atoms. The minimum absolute atomic E-state index is 0.537. The van der Waals surface area contributed by atoms with Gasteiger partial charge in [-0.2, -0.15) is 0 Å². The smallest absolute Gasteiger partial charge is 0.343 e. The Balaban J connectivity index is 2.37. The molecule has 1 aromatic carbocycles. The summed E-state index contributed by atoms with van der Waals surface area (Å²) in [6.45, 7) is 1.84. The fourth-order valence-electron chi connectivity index (χ4n) is 1.12. The van der Waals surface area contributed by atoms with E-state index in [9.17, 15) is 9.59 Å². The van der Waals surface area contributed by atoms with Gasteiger partial charge in [0.2, 0.25) is 0 Å². The van der Waals surface area contributed by atoms with Gasteiger partial charge in [-0.15, -0.1) is 0 Å². The van der Waals surface area contributed by atoms with Gasteiger partial charge in [0.25, 0.3) is 0 Å². The predicted octanol–water partition coefficient (Wildman–Crippen LogP) is 1.22. The van der Waals surface area contributed by atoms with Crippen molar-refractivity contribution in [3.8, 4) is 5.75 Å². The molecule has 0 saturated carbocycles. The highest BCUT2D eigenvalue weighted by Crippen LogP contribution is 2.15. The van der Waals surface area contributed by atoms with Crippen LogP contribution in [0, 0.1) is 0 Å². The number of nitrogens with one attached hydrogen (secondary N) is 2. The summed E-state index contributed by atoms with van der Waals surface area (Å²) >= 11 is 0. The number of anilines is 1. The molecule has 3 N–H and O–H groups in total. The molecule has 0 aliphatic rings. The monoisotopic (exact) mass is 254 g/mol. The lowest BCUT2D eigenvalue weighted by molar-refractivity contribution is -0.143. The number of carbonyl (C=O) groups excluding carboxylic acids is 1. The summed E-state index contributed by atoms with van der Waals surface area (Å²) in [6.07, 6.45) is 0. The third kappa shape index (κ3) is 5.17. The Labute approximate surface area is 104 Å². The van der Waals surface area contributed by atoms with Crippen LogP contribution >= 0.6 is 0 Å². The molecule has 7 heteroatoms. The average Bonchev–Trinajstić information content (AvgIpc) is 2.31. The molecule has 0 aromatic heterocycles. The number of carboxylic acid groups (broad SMARTS) is 1. The zero-order valence-corrected chi connectivity index (χ0v) is 9.80. The van der Waals surface area contributed by atoms with Gasteiger partial charge in [-0.25, -0.2) is 15.1 Å². The van der Waals surface area contributed by atoms with E-state index in [1.165, 1.54) is 0 Å². The topological polar surface area (TPSA) is 96.9 Å². The van der Waals surface area contributed by atoms with E-state index in [0.717, 1.165) is 0 Å². The first-order chi connectivity index (χ1) is 8.61. The summed E-state index contributed by atoms with van der Waals surface area (Å²) in [7, 11) is 0. The van der Waals surface area contributed by atoms with E-state index in [0.29, 0.717) is 18.0 Å². The van der Waals surface area contributed by atoms with Crippen molar-refractivity contribution in [2.75, 3.05) is 18.5 Å². The first-order valence-electron chi connectivity index (χ1n) is 5.25. The van der Waals surface area contributed by atoms with E-state index in [1.54, 1.807) is 24.3 Å². The first kappa shape index (κ1) is 13.8. The van der Waals surface area contributed by atoms with Gasteiger partial charge in [-0.1, -0.05) is 0 Å². The predicted molar refractivity (Wildman–Crippen MR) is 63.4 cm³/mol. The van der Waals surface area contributed by atoms with E-state index in [1.807, 2.05) is 12.4 Å². The van der Waals surface area contributed by atoms with Crippen molar-refractivity contribution in [3.63, 3.8) is 0 Å². The van der Waals surface area contributed by atoms with Crippen molar-refractivity contribution in [1.29, 1.82) is 0 Å². The first-order valence-corrected chi connectivity index (χ1v) is 5.25. The number of benzene rings is 1. The normalized spacial score (nSPS) is 9.61. The van der Waals surface area contributed by atoms with Crippen LogP contribution in [0.1, 0.15) is 6.92 Å². The zero-order valence-electron chi connectivity index (χ0n) is 9.80. The third-order valence-electron chi connectivity index (χ3n) is 1.78. The molecule has 0 bridgehead atoms. The highest BCUT2D eigenvalue weighted by molar-refractivity contribution is 5.88. The van der Waals surface area contributed by atoms with Crippen molar-refractivity contribution in [1.82, 2.24) is 5.48 Å². The molecule has 18 heavy (non-hydrogen) atoms. The molecule has 7 nitrogen and oxygen atoms in total. The van der Waals surface area contributed by atoms with Crippen LogP contribution in [0.25, 0.3) is 0 Å². The lowest BCUT2D eigenvalue weighted by Gasteiger charge is -2.07. The van der Waals surface area contributed by atoms with Crippen molar-refractivity contribution in [2.45, 2.75) is 6.92 Å². The van der Waals surface area contributed by atoms with Gasteiger partial charge >= 0.3 is 12.0 Å². The number of carbonyl (C=O) groups is 2. The molecule has 1 rings (SSSR count). The molecule has 0 aliphatic carbocycles. The maximum Gasteiger partial charge on any atom is 0.343 e. The van der Waals surface area contributed by atoms with E-state index in [2.05, 4.69) is 10.2 Å². The van der Waals surface area contributed by atoms with Crippen LogP contribution in [0.15, 0.2) is 24.3 Å². The van der Waals surface area contributed by atoms with Crippen LogP contribution in [0.5, 0.6) is 5.75 Å². The Morgan fingerprint density at radius 3 is 2.50 bits per heavy atom. The van der Waals surface area contributed by atoms with Crippen LogP contribution in [-0.2, 0) is 9.63 Å². The fraction of sp³-hybridized carbons (Fsp3) is 0.273. The van der Waals surface area contributed by atoms with E-state index < -0.39 is 18.6 Å². The van der Waals surface area contributed by atoms with Crippen LogP contribution in [-0.4, -0.2) is 30.3 Å². The van der Waals surface area contributed by atoms with Gasteiger partial charge < -0.3 is 15.2 Å². The summed E-state index contributed by atoms with van der Waals surface area (Å²) in [6, 6.07) is 6.07. The number of aliphatic carboxylic acids is 1. The molecule has 2 amide bonds. The Morgan fingerprint density at radius 1 is 1.28 bits per heavy atom. The van der Waals surface area contributed by atoms with E-state index in [-0.39, 0.29) is 0 Å². The maximum absolute atomic E-state index is 11.2. The van der Waals surface area contributed by atoms with Crippen molar-refractivity contribution >= 4 is 17.7 Å². The number of ether oxygens (including phenoxy) is 1. The standard InChI is InChI=1S/C11H14N2O5/c1-2-17-9-5-3-8(4-6-9)12-11(16)13-18-7-10(14)15/h3-6H,2,7H2,1H3,(H,14,15)(H2,12,13,16). The molecule has 1 aromatic rings. The molecule has 0 atom stereocenters. The third-order valence-corrected chi connectivity index (χ3v) is 1.78. The quantitative estimate of drug-likeness (QED) is 0.663. The van der Waals surface area contributed by atoms with Gasteiger partial charge in [0.1, 0.15) is 5.75 Å². The Morgan fingerprint density at radius 2 is 1.94 bits per heavy atom. The van der Waals surface area contributed by atoms with Crippen LogP contribution in [0.2, 0.25) is 0 Å². The molecular weight excluding hydrogens is 240 g/mol. The largest absolute Gasteiger partial charge is 0.494 e. The van der Waals surface area contributed by atoms with Gasteiger partial charge in [0.05, 0.1) is 6.61 Å². The Bertz CT molecular complexity index is 404. The molecular formula is C11H14N2O5. The SMILES string of the molecule is CCOc1ccc(NC(=O)NOCC(=O)O)cc1. The lowest BCUT2D eigenvalue weighted by atomic mass is 10.3. The van der Waals surface area contributed by atoms with Crippen LogP contribution in [0.3, 0.4) is 0 Å². The second-order valence-corrected chi connectivity index (χ2v) is 3.20. The highest BCUT2D eigenvalue weighted by Gasteiger charge is 2.03. The number of carboxylic acids is 1. The molecule has 0 heterocycles. The molecule has 0 unspecified atom stereocenters. The van der Waals surface area contributed by atoms with Gasteiger partial charge in [0.15, 0.2) is 6.61 Å². The lowest BCUT2D eigenvalue weighted by Crippen LogP contribution is -2.30. The minimum Gasteiger partial charge on any atom is -0.494 e. The summed E-state index contributed by atoms with van der Waals surface area (Å²) in [5.41, 5.74) is 2.48. The van der Waals surface area contributed by atoms with Crippen molar-refractivity contribution in [3.05, 3.63) is 24.3 Å². The van der Waals surface area contributed by atoms with Crippen LogP contribution < -0.4 is 15.5 Å². The minimum atomic E-state index is -1.17. The maximum atomic E-state index is 11.2. The zero-order chi connectivity index (χ0) is 13.4. The number of hydrogen-bond acceptors (Lipinski definition) is 4. The number of rotatable bonds is 6. The van der Waals surface area contributed by atoms with Gasteiger partial charge in [-0.3, -0.25) is 4.84 Å². The summed E-state index contributed by atoms with van der Waals surface area (Å²) in [5.74, 6) is -0.470. The number of hydroxylamine groups is 1. The second-order valence-electron chi connectivity index (χ2n) is 3.20. The Hall–Kier alpha value is -2.28. The molecule has 0 fully saturated rings. The average molecular weight is 254 g/mol. The summed E-state index contributed by atoms with van der Waals surface area (Å²) in [4.78, 5) is 25.8. The van der Waals surface area contributed by atoms with Gasteiger partial charge in [-0.05, 0) is 31.2 Å². The number of amides is 2. The highest BCUT2D eigenvalue weighted by atomic mass is 16.7. The molecule has 0 aliphatic heterocycles. The van der Waals surface area contributed by atoms with E-state index >= 15 is 0 Å². The Kier molecular flexibility index (Phi) is 5.46. The molecule has 0 radical (unpaired) electrons. The second kappa shape index (κ2) is 7.13. The van der Waals surface area contributed by atoms with Crippen LogP contribution in [0.4, 0.5) is 10.5 Å². The number of urea groups is 1. The van der Waals surface area contributed by atoms with Gasteiger partial charge in [0, 0.05) is 5.69 Å². The summed E-state index contributed by atoms with van der Waals surface area (Å²) < 4.78 is 5.24.